The Labute approximate surface area is 146 Å². The number of carbonyl (C=O) groups is 2. The minimum absolute atomic E-state index is 0.00788. The third-order valence-electron chi connectivity index (χ3n) is 5.58. The van der Waals surface area contributed by atoms with Gasteiger partial charge in [-0.15, -0.1) is 0 Å². The average molecular weight is 338 g/mol. The van der Waals surface area contributed by atoms with E-state index in [1.165, 1.54) is 51.4 Å². The fraction of sp³-hybridized carbons (Fsp3) is 0.895. The van der Waals surface area contributed by atoms with Crippen LogP contribution in [0.15, 0.2) is 0 Å². The first-order valence-electron chi connectivity index (χ1n) is 9.85. The van der Waals surface area contributed by atoms with E-state index in [-0.39, 0.29) is 24.9 Å². The molecule has 5 heteroatoms. The molecule has 0 aromatic rings. The predicted molar refractivity (Wildman–Crippen MR) is 94.4 cm³/mol. The normalized spacial score (nSPS) is 19.1. The van der Waals surface area contributed by atoms with Crippen molar-refractivity contribution in [3.8, 4) is 0 Å². The molecule has 0 spiro atoms. The summed E-state index contributed by atoms with van der Waals surface area (Å²) in [6.45, 7) is 0.429. The van der Waals surface area contributed by atoms with Gasteiger partial charge in [-0.25, -0.2) is 0 Å². The van der Waals surface area contributed by atoms with E-state index in [9.17, 15) is 14.7 Å². The maximum absolute atomic E-state index is 11.8. The van der Waals surface area contributed by atoms with Crippen molar-refractivity contribution in [2.45, 2.75) is 83.2 Å². The van der Waals surface area contributed by atoms with Crippen molar-refractivity contribution in [2.24, 2.45) is 11.8 Å². The Balaban J connectivity index is 1.46. The summed E-state index contributed by atoms with van der Waals surface area (Å²) in [7, 11) is 0. The van der Waals surface area contributed by atoms with E-state index in [1.807, 2.05) is 0 Å². The number of aliphatic hydroxyl groups is 1. The van der Waals surface area contributed by atoms with E-state index in [0.29, 0.717) is 24.7 Å². The summed E-state index contributed by atoms with van der Waals surface area (Å²) in [6, 6.07) is 0. The maximum Gasteiger partial charge on any atom is 0.220 e. The van der Waals surface area contributed by atoms with Crippen molar-refractivity contribution in [1.82, 2.24) is 10.6 Å². The number of amides is 2. The fourth-order valence-electron chi connectivity index (χ4n) is 3.98. The van der Waals surface area contributed by atoms with Gasteiger partial charge in [0.1, 0.15) is 0 Å². The number of aliphatic hydroxyl groups excluding tert-OH is 1. The summed E-state index contributed by atoms with van der Waals surface area (Å²) in [5.41, 5.74) is 0. The van der Waals surface area contributed by atoms with Gasteiger partial charge < -0.3 is 15.7 Å². The molecule has 0 heterocycles. The Morgan fingerprint density at radius 3 is 1.54 bits per heavy atom. The smallest absolute Gasteiger partial charge is 0.220 e. The van der Waals surface area contributed by atoms with Gasteiger partial charge in [-0.05, 0) is 24.7 Å². The van der Waals surface area contributed by atoms with Crippen LogP contribution >= 0.6 is 0 Å². The zero-order valence-corrected chi connectivity index (χ0v) is 14.9. The minimum Gasteiger partial charge on any atom is -0.389 e. The molecular weight excluding hydrogens is 304 g/mol. The largest absolute Gasteiger partial charge is 0.389 e. The number of nitrogens with one attached hydrogen (secondary N) is 2. The second kappa shape index (κ2) is 10.7. The molecule has 2 aliphatic carbocycles. The van der Waals surface area contributed by atoms with Crippen LogP contribution in [0, 0.1) is 11.8 Å². The van der Waals surface area contributed by atoms with Crippen LogP contribution in [0.2, 0.25) is 0 Å². The highest BCUT2D eigenvalue weighted by atomic mass is 16.3. The van der Waals surface area contributed by atoms with Gasteiger partial charge in [-0.3, -0.25) is 9.59 Å². The lowest BCUT2D eigenvalue weighted by molar-refractivity contribution is -0.121. The molecule has 2 aliphatic rings. The molecule has 138 valence electrons. The van der Waals surface area contributed by atoms with E-state index in [4.69, 9.17) is 0 Å². The Kier molecular flexibility index (Phi) is 8.57. The molecule has 2 saturated carbocycles. The van der Waals surface area contributed by atoms with Crippen molar-refractivity contribution < 1.29 is 14.7 Å². The molecule has 0 atom stereocenters. The lowest BCUT2D eigenvalue weighted by atomic mass is 10.0. The molecule has 0 saturated heterocycles. The Morgan fingerprint density at radius 2 is 1.17 bits per heavy atom. The molecule has 0 radical (unpaired) electrons. The van der Waals surface area contributed by atoms with Gasteiger partial charge in [0.25, 0.3) is 0 Å². The SMILES string of the molecule is O=C(CCC1CCCC1)NCC(O)CNC(=O)CCC1CCCC1. The summed E-state index contributed by atoms with van der Waals surface area (Å²) in [4.78, 5) is 23.6. The predicted octanol–water partition coefficient (Wildman–Crippen LogP) is 2.52. The second-order valence-electron chi connectivity index (χ2n) is 7.64. The number of carbonyl (C=O) groups excluding carboxylic acids is 2. The van der Waals surface area contributed by atoms with Crippen LogP contribution in [-0.2, 0) is 9.59 Å². The van der Waals surface area contributed by atoms with Gasteiger partial charge in [-0.1, -0.05) is 51.4 Å². The second-order valence-corrected chi connectivity index (χ2v) is 7.64. The highest BCUT2D eigenvalue weighted by Crippen LogP contribution is 2.29. The highest BCUT2D eigenvalue weighted by Gasteiger charge is 2.18. The van der Waals surface area contributed by atoms with Gasteiger partial charge >= 0.3 is 0 Å². The third-order valence-corrected chi connectivity index (χ3v) is 5.58. The monoisotopic (exact) mass is 338 g/mol. The first-order chi connectivity index (χ1) is 11.6. The Bertz CT molecular complexity index is 352. The maximum atomic E-state index is 11.8. The molecule has 2 rings (SSSR count). The van der Waals surface area contributed by atoms with Crippen LogP contribution in [0.25, 0.3) is 0 Å². The van der Waals surface area contributed by atoms with E-state index in [1.54, 1.807) is 0 Å². The van der Waals surface area contributed by atoms with Crippen LogP contribution < -0.4 is 10.6 Å². The van der Waals surface area contributed by atoms with Gasteiger partial charge in [0.15, 0.2) is 0 Å². The number of hydrogen-bond donors (Lipinski definition) is 3. The van der Waals surface area contributed by atoms with E-state index < -0.39 is 6.10 Å². The Hall–Kier alpha value is -1.10. The molecule has 0 bridgehead atoms. The minimum atomic E-state index is -0.712. The average Bonchev–Trinajstić information content (AvgIpc) is 3.27. The van der Waals surface area contributed by atoms with Gasteiger partial charge in [0.05, 0.1) is 6.10 Å². The molecular formula is C19H34N2O3. The van der Waals surface area contributed by atoms with Crippen molar-refractivity contribution in [3.63, 3.8) is 0 Å². The molecule has 5 nitrogen and oxygen atoms in total. The number of rotatable bonds is 10. The summed E-state index contributed by atoms with van der Waals surface area (Å²) in [6.07, 6.45) is 12.5. The molecule has 0 unspecified atom stereocenters. The fourth-order valence-corrected chi connectivity index (χ4v) is 3.98. The molecule has 2 amide bonds. The third kappa shape index (κ3) is 7.65. The zero-order valence-electron chi connectivity index (χ0n) is 14.9. The summed E-state index contributed by atoms with van der Waals surface area (Å²) in [5.74, 6) is 1.43. The molecule has 3 N–H and O–H groups in total. The molecule has 0 aliphatic heterocycles. The van der Waals surface area contributed by atoms with E-state index in [2.05, 4.69) is 10.6 Å². The standard InChI is InChI=1S/C19H34N2O3/c22-17(13-20-18(23)11-9-15-5-1-2-6-15)14-21-19(24)12-10-16-7-3-4-8-16/h15-17,22H,1-14H2,(H,20,23)(H,21,24). The van der Waals surface area contributed by atoms with E-state index in [0.717, 1.165) is 12.8 Å². The van der Waals surface area contributed by atoms with Crippen LogP contribution in [0.5, 0.6) is 0 Å². The zero-order chi connectivity index (χ0) is 17.2. The first-order valence-corrected chi connectivity index (χ1v) is 9.85. The van der Waals surface area contributed by atoms with Crippen LogP contribution in [0.1, 0.15) is 77.0 Å². The molecule has 0 aromatic heterocycles. The van der Waals surface area contributed by atoms with Crippen LogP contribution in [0.3, 0.4) is 0 Å². The molecule has 24 heavy (non-hydrogen) atoms. The van der Waals surface area contributed by atoms with Gasteiger partial charge in [-0.2, -0.15) is 0 Å². The van der Waals surface area contributed by atoms with Gasteiger partial charge in [0, 0.05) is 25.9 Å². The number of hydrogen-bond acceptors (Lipinski definition) is 3. The van der Waals surface area contributed by atoms with Crippen molar-refractivity contribution in [1.29, 1.82) is 0 Å². The van der Waals surface area contributed by atoms with Crippen LogP contribution in [0.4, 0.5) is 0 Å². The quantitative estimate of drug-likeness (QED) is 0.573. The highest BCUT2D eigenvalue weighted by molar-refractivity contribution is 5.76. The molecule has 0 aromatic carbocycles. The van der Waals surface area contributed by atoms with E-state index >= 15 is 0 Å². The molecule has 2 fully saturated rings. The summed E-state index contributed by atoms with van der Waals surface area (Å²) >= 11 is 0. The van der Waals surface area contributed by atoms with Crippen molar-refractivity contribution in [2.75, 3.05) is 13.1 Å². The summed E-state index contributed by atoms with van der Waals surface area (Å²) < 4.78 is 0. The lowest BCUT2D eigenvalue weighted by Crippen LogP contribution is -2.40. The van der Waals surface area contributed by atoms with Gasteiger partial charge in [0.2, 0.25) is 11.8 Å². The lowest BCUT2D eigenvalue weighted by Gasteiger charge is -2.14. The van der Waals surface area contributed by atoms with Crippen molar-refractivity contribution >= 4 is 11.8 Å². The summed E-state index contributed by atoms with van der Waals surface area (Å²) in [5, 5.41) is 15.4. The van der Waals surface area contributed by atoms with Crippen molar-refractivity contribution in [3.05, 3.63) is 0 Å². The van der Waals surface area contributed by atoms with Crippen LogP contribution in [-0.4, -0.2) is 36.1 Å². The topological polar surface area (TPSA) is 78.4 Å². The Morgan fingerprint density at radius 1 is 0.792 bits per heavy atom. The first kappa shape index (κ1) is 19.2.